The lowest BCUT2D eigenvalue weighted by Gasteiger charge is -2.14. The molecule has 0 radical (unpaired) electrons. The van der Waals surface area contributed by atoms with Gasteiger partial charge in [-0.3, -0.25) is 4.79 Å². The molecular formula is C15H11ClF4N2O2. The molecule has 0 aliphatic heterocycles. The molecule has 0 unspecified atom stereocenters. The van der Waals surface area contributed by atoms with E-state index in [2.05, 4.69) is 11.7 Å². The summed E-state index contributed by atoms with van der Waals surface area (Å²) in [5.74, 6) is -0.701. The maximum Gasteiger partial charge on any atom is 0.418 e. The van der Waals surface area contributed by atoms with Crippen molar-refractivity contribution in [2.24, 2.45) is 0 Å². The third-order valence-electron chi connectivity index (χ3n) is 3.04. The van der Waals surface area contributed by atoms with E-state index < -0.39 is 34.4 Å². The number of rotatable bonds is 3. The lowest BCUT2D eigenvalue weighted by atomic mass is 10.2. The van der Waals surface area contributed by atoms with Gasteiger partial charge in [-0.2, -0.15) is 23.0 Å². The number of halogens is 5. The maximum absolute atomic E-state index is 14.1. The highest BCUT2D eigenvalue weighted by Crippen LogP contribution is 2.32. The summed E-state index contributed by atoms with van der Waals surface area (Å²) in [7, 11) is 0. The van der Waals surface area contributed by atoms with Crippen LogP contribution in [0.1, 0.15) is 18.1 Å². The van der Waals surface area contributed by atoms with Crippen LogP contribution in [-0.2, 0) is 6.18 Å². The lowest BCUT2D eigenvalue weighted by Crippen LogP contribution is -2.27. The molecule has 4 nitrogen and oxygen atoms in total. The van der Waals surface area contributed by atoms with Gasteiger partial charge in [-0.25, -0.2) is 4.39 Å². The predicted octanol–water partition coefficient (Wildman–Crippen LogP) is 4.26. The first-order chi connectivity index (χ1) is 11.0. The highest BCUT2D eigenvalue weighted by molar-refractivity contribution is 6.32. The molecular weight excluding hydrogens is 352 g/mol. The Morgan fingerprint density at radius 3 is 2.54 bits per heavy atom. The van der Waals surface area contributed by atoms with Gasteiger partial charge in [-0.05, 0) is 19.9 Å². The Balaban J connectivity index is 2.67. The number of ether oxygens (including phenoxy) is 1. The molecule has 0 fully saturated rings. The summed E-state index contributed by atoms with van der Waals surface area (Å²) in [5.41, 5.74) is -3.28. The minimum absolute atomic E-state index is 0.00758. The smallest absolute Gasteiger partial charge is 0.418 e. The summed E-state index contributed by atoms with van der Waals surface area (Å²) in [6.45, 7) is 6.01. The van der Waals surface area contributed by atoms with Gasteiger partial charge in [-0.1, -0.05) is 18.2 Å². The Kier molecular flexibility index (Phi) is 4.70. The first kappa shape index (κ1) is 18.0. The van der Waals surface area contributed by atoms with Crippen molar-refractivity contribution in [3.05, 3.63) is 63.0 Å². The number of alkyl halides is 3. The molecule has 1 aromatic heterocycles. The van der Waals surface area contributed by atoms with Crippen LogP contribution in [0, 0.1) is 12.7 Å². The maximum atomic E-state index is 14.1. The van der Waals surface area contributed by atoms with Crippen molar-refractivity contribution in [1.29, 1.82) is 0 Å². The van der Waals surface area contributed by atoms with Crippen molar-refractivity contribution < 1.29 is 22.3 Å². The van der Waals surface area contributed by atoms with Gasteiger partial charge in [0.2, 0.25) is 0 Å². The van der Waals surface area contributed by atoms with Crippen LogP contribution >= 0.6 is 11.6 Å². The molecule has 2 rings (SSSR count). The normalized spacial score (nSPS) is 11.5. The summed E-state index contributed by atoms with van der Waals surface area (Å²) < 4.78 is 58.2. The zero-order chi connectivity index (χ0) is 18.2. The van der Waals surface area contributed by atoms with Crippen molar-refractivity contribution in [3.8, 4) is 11.4 Å². The van der Waals surface area contributed by atoms with Crippen LogP contribution in [-0.4, -0.2) is 9.78 Å². The quantitative estimate of drug-likeness (QED) is 0.605. The number of benzene rings is 1. The van der Waals surface area contributed by atoms with Gasteiger partial charge >= 0.3 is 6.18 Å². The second kappa shape index (κ2) is 6.27. The van der Waals surface area contributed by atoms with Crippen molar-refractivity contribution in [1.82, 2.24) is 9.78 Å². The van der Waals surface area contributed by atoms with Crippen molar-refractivity contribution in [2.45, 2.75) is 20.0 Å². The Bertz CT molecular complexity index is 875. The molecule has 1 aromatic carbocycles. The predicted molar refractivity (Wildman–Crippen MR) is 80.0 cm³/mol. The number of nitrogens with zero attached hydrogens (tertiary/aromatic N) is 2. The van der Waals surface area contributed by atoms with Crippen LogP contribution in [0.25, 0.3) is 5.69 Å². The molecule has 0 bridgehead atoms. The van der Waals surface area contributed by atoms with Gasteiger partial charge in [-0.15, -0.1) is 0 Å². The summed E-state index contributed by atoms with van der Waals surface area (Å²) in [4.78, 5) is 12.1. The average Bonchev–Trinajstić information content (AvgIpc) is 2.43. The Morgan fingerprint density at radius 1 is 1.38 bits per heavy atom. The summed E-state index contributed by atoms with van der Waals surface area (Å²) in [5, 5.41) is 3.32. The molecule has 0 aliphatic carbocycles. The summed E-state index contributed by atoms with van der Waals surface area (Å²) >= 11 is 5.83. The fourth-order valence-electron chi connectivity index (χ4n) is 1.94. The largest absolute Gasteiger partial charge is 0.461 e. The lowest BCUT2D eigenvalue weighted by molar-refractivity contribution is -0.138. The van der Waals surface area contributed by atoms with Crippen LogP contribution in [0.5, 0.6) is 5.75 Å². The van der Waals surface area contributed by atoms with Crippen molar-refractivity contribution >= 4 is 11.6 Å². The first-order valence-electron chi connectivity index (χ1n) is 6.51. The molecule has 2 aromatic rings. The molecule has 0 N–H and O–H groups in total. The highest BCUT2D eigenvalue weighted by atomic mass is 35.5. The van der Waals surface area contributed by atoms with Crippen LogP contribution in [0.15, 0.2) is 35.5 Å². The Hall–Kier alpha value is -2.35. The fourth-order valence-corrected chi connectivity index (χ4v) is 2.13. The summed E-state index contributed by atoms with van der Waals surface area (Å²) in [6, 6.07) is 1.93. The number of allylic oxidation sites excluding steroid dienone is 1. The van der Waals surface area contributed by atoms with E-state index in [0.717, 1.165) is 19.1 Å². The van der Waals surface area contributed by atoms with Crippen molar-refractivity contribution in [3.63, 3.8) is 0 Å². The van der Waals surface area contributed by atoms with Crippen LogP contribution in [0.3, 0.4) is 0 Å². The van der Waals surface area contributed by atoms with Gasteiger partial charge in [0.25, 0.3) is 5.56 Å². The van der Waals surface area contributed by atoms with E-state index in [1.54, 1.807) is 0 Å². The molecule has 0 amide bonds. The second-order valence-electron chi connectivity index (χ2n) is 4.94. The van der Waals surface area contributed by atoms with Crippen LogP contribution in [0.2, 0.25) is 5.02 Å². The number of hydrogen-bond donors (Lipinski definition) is 0. The molecule has 0 atom stereocenters. The van der Waals surface area contributed by atoms with E-state index in [4.69, 9.17) is 16.3 Å². The zero-order valence-electron chi connectivity index (χ0n) is 12.5. The SMILES string of the molecule is C=C(C)Oc1cc(-n2ncc(C(F)(F)F)c(C)c2=O)c(F)cc1Cl. The second-order valence-corrected chi connectivity index (χ2v) is 5.34. The van der Waals surface area contributed by atoms with Crippen LogP contribution in [0.4, 0.5) is 17.6 Å². The third-order valence-corrected chi connectivity index (χ3v) is 3.33. The highest BCUT2D eigenvalue weighted by Gasteiger charge is 2.34. The molecule has 0 saturated heterocycles. The number of aromatic nitrogens is 2. The molecule has 128 valence electrons. The Morgan fingerprint density at radius 2 is 2.00 bits per heavy atom. The topological polar surface area (TPSA) is 44.1 Å². The molecule has 0 aliphatic rings. The van der Waals surface area contributed by atoms with Gasteiger partial charge in [0.05, 0.1) is 22.5 Å². The standard InChI is InChI=1S/C15H11ClF4N2O2/c1-7(2)24-13-5-12(11(17)4-10(13)16)22-14(23)8(3)9(6-21-22)15(18,19)20/h4-6H,1H2,2-3H3. The number of hydrogen-bond acceptors (Lipinski definition) is 3. The van der Waals surface area contributed by atoms with Gasteiger partial charge in [0.15, 0.2) is 5.82 Å². The third kappa shape index (κ3) is 3.43. The Labute approximate surface area is 138 Å². The van der Waals surface area contributed by atoms with Gasteiger partial charge in [0.1, 0.15) is 11.4 Å². The minimum Gasteiger partial charge on any atom is -0.461 e. The molecule has 0 spiro atoms. The average molecular weight is 363 g/mol. The van der Waals surface area contributed by atoms with E-state index >= 15 is 0 Å². The fraction of sp³-hybridized carbons (Fsp3) is 0.200. The first-order valence-corrected chi connectivity index (χ1v) is 6.89. The van der Waals surface area contributed by atoms with E-state index in [-0.39, 0.29) is 16.5 Å². The monoisotopic (exact) mass is 362 g/mol. The van der Waals surface area contributed by atoms with E-state index in [1.165, 1.54) is 6.92 Å². The minimum atomic E-state index is -4.73. The zero-order valence-corrected chi connectivity index (χ0v) is 13.3. The molecule has 0 saturated carbocycles. The molecule has 24 heavy (non-hydrogen) atoms. The summed E-state index contributed by atoms with van der Waals surface area (Å²) in [6.07, 6.45) is -4.27. The van der Waals surface area contributed by atoms with Gasteiger partial charge < -0.3 is 4.74 Å². The van der Waals surface area contributed by atoms with Crippen LogP contribution < -0.4 is 10.3 Å². The van der Waals surface area contributed by atoms with Crippen molar-refractivity contribution in [2.75, 3.05) is 0 Å². The van der Waals surface area contributed by atoms with E-state index in [0.29, 0.717) is 10.9 Å². The van der Waals surface area contributed by atoms with E-state index in [1.807, 2.05) is 0 Å². The van der Waals surface area contributed by atoms with E-state index in [9.17, 15) is 22.4 Å². The molecule has 1 heterocycles. The van der Waals surface area contributed by atoms with Gasteiger partial charge in [0, 0.05) is 11.6 Å². The molecule has 9 heteroatoms.